The maximum Gasteiger partial charge on any atom is 0.255 e. The molecule has 2 aromatic carbocycles. The molecule has 0 fully saturated rings. The maximum absolute atomic E-state index is 13.5. The van der Waals surface area contributed by atoms with Gasteiger partial charge in [-0.15, -0.1) is 0 Å². The number of ether oxygens (including phenoxy) is 1. The van der Waals surface area contributed by atoms with Gasteiger partial charge in [-0.05, 0) is 49.0 Å². The van der Waals surface area contributed by atoms with Crippen LogP contribution in [0.15, 0.2) is 53.7 Å². The first-order chi connectivity index (χ1) is 13.9. The fourth-order valence-electron chi connectivity index (χ4n) is 2.89. The van der Waals surface area contributed by atoms with Crippen molar-refractivity contribution in [2.45, 2.75) is 13.0 Å². The van der Waals surface area contributed by atoms with Gasteiger partial charge in [-0.1, -0.05) is 12.1 Å². The molecule has 1 aliphatic rings. The van der Waals surface area contributed by atoms with E-state index in [1.54, 1.807) is 31.2 Å². The Morgan fingerprint density at radius 2 is 1.97 bits per heavy atom. The number of halogens is 2. The van der Waals surface area contributed by atoms with Gasteiger partial charge in [0.15, 0.2) is 23.4 Å². The van der Waals surface area contributed by atoms with Gasteiger partial charge in [-0.25, -0.2) is 8.78 Å². The third kappa shape index (κ3) is 4.67. The van der Waals surface area contributed by atoms with E-state index < -0.39 is 23.6 Å². The zero-order chi connectivity index (χ0) is 21.0. The highest BCUT2D eigenvalue weighted by atomic mass is 32.1. The minimum atomic E-state index is -1.06. The Morgan fingerprint density at radius 3 is 2.62 bits per heavy atom. The lowest BCUT2D eigenvalue weighted by Gasteiger charge is -2.30. The van der Waals surface area contributed by atoms with Crippen LogP contribution in [0.1, 0.15) is 18.5 Å². The molecular formula is C20H16F2N4O2S. The van der Waals surface area contributed by atoms with Crippen LogP contribution in [0.2, 0.25) is 0 Å². The molecule has 1 atom stereocenters. The lowest BCUT2D eigenvalue weighted by atomic mass is 9.95. The number of nitrogens with zero attached hydrogens (tertiary/aromatic N) is 1. The number of nitrogens with one attached hydrogen (secondary N) is 3. The van der Waals surface area contributed by atoms with Crippen LogP contribution in [0.3, 0.4) is 0 Å². The van der Waals surface area contributed by atoms with E-state index in [0.29, 0.717) is 22.1 Å². The molecule has 0 aromatic heterocycles. The number of anilines is 1. The molecule has 9 heteroatoms. The summed E-state index contributed by atoms with van der Waals surface area (Å²) in [5, 5.41) is 17.5. The number of thiocarbonyl (C=S) groups is 1. The first kappa shape index (κ1) is 20.2. The molecule has 0 saturated heterocycles. The molecule has 0 radical (unpaired) electrons. The summed E-state index contributed by atoms with van der Waals surface area (Å²) in [5.41, 5.74) is 1.73. The van der Waals surface area contributed by atoms with Crippen molar-refractivity contribution in [3.05, 3.63) is 70.9 Å². The van der Waals surface area contributed by atoms with E-state index in [-0.39, 0.29) is 12.3 Å². The standard InChI is InChI=1S/C20H16F2N4O2S/c1-11-17(19(27)25-13-4-7-15(21)16(22)10-13)18(26-20(29)24-11)12-2-5-14(6-3-12)28-9-8-23/h2-7,10,18H,9H2,1H3,(H,25,27)(H2,24,26,29)/t18-/m0/s1. The molecule has 1 amide bonds. The van der Waals surface area contributed by atoms with E-state index in [1.165, 1.54) is 6.07 Å². The van der Waals surface area contributed by atoms with Crippen molar-refractivity contribution in [1.29, 1.82) is 5.26 Å². The normalized spacial score (nSPS) is 15.8. The molecular weight excluding hydrogens is 398 g/mol. The van der Waals surface area contributed by atoms with Gasteiger partial charge in [0.2, 0.25) is 0 Å². The van der Waals surface area contributed by atoms with Gasteiger partial charge in [0, 0.05) is 17.5 Å². The maximum atomic E-state index is 13.5. The first-order valence-corrected chi connectivity index (χ1v) is 8.94. The van der Waals surface area contributed by atoms with Gasteiger partial charge < -0.3 is 20.7 Å². The molecule has 148 valence electrons. The Morgan fingerprint density at radius 1 is 1.24 bits per heavy atom. The van der Waals surface area contributed by atoms with Gasteiger partial charge >= 0.3 is 0 Å². The summed E-state index contributed by atoms with van der Waals surface area (Å²) in [6.07, 6.45) is 0. The Bertz CT molecular complexity index is 1030. The zero-order valence-electron chi connectivity index (χ0n) is 15.3. The third-order valence-corrected chi connectivity index (χ3v) is 4.43. The van der Waals surface area contributed by atoms with Crippen molar-refractivity contribution in [3.63, 3.8) is 0 Å². The number of amides is 1. The molecule has 2 aromatic rings. The summed E-state index contributed by atoms with van der Waals surface area (Å²) in [6.45, 7) is 1.63. The van der Waals surface area contributed by atoms with E-state index in [2.05, 4.69) is 16.0 Å². The van der Waals surface area contributed by atoms with E-state index in [9.17, 15) is 13.6 Å². The van der Waals surface area contributed by atoms with Crippen molar-refractivity contribution in [2.24, 2.45) is 0 Å². The quantitative estimate of drug-likeness (QED) is 0.651. The van der Waals surface area contributed by atoms with Crippen LogP contribution in [0.5, 0.6) is 5.75 Å². The van der Waals surface area contributed by atoms with Gasteiger partial charge in [-0.2, -0.15) is 5.26 Å². The second kappa shape index (κ2) is 8.67. The second-order valence-electron chi connectivity index (χ2n) is 6.17. The fraction of sp³-hybridized carbons (Fsp3) is 0.150. The van der Waals surface area contributed by atoms with E-state index >= 15 is 0 Å². The molecule has 0 unspecified atom stereocenters. The largest absolute Gasteiger partial charge is 0.479 e. The van der Waals surface area contributed by atoms with Gasteiger partial charge in [0.1, 0.15) is 11.8 Å². The highest BCUT2D eigenvalue weighted by Gasteiger charge is 2.30. The molecule has 0 spiro atoms. The second-order valence-corrected chi connectivity index (χ2v) is 6.58. The van der Waals surface area contributed by atoms with Crippen molar-refractivity contribution in [3.8, 4) is 11.8 Å². The summed E-state index contributed by atoms with van der Waals surface area (Å²) in [5.74, 6) is -2.04. The smallest absolute Gasteiger partial charge is 0.255 e. The molecule has 0 aliphatic carbocycles. The van der Waals surface area contributed by atoms with Crippen molar-refractivity contribution >= 4 is 28.9 Å². The number of carbonyl (C=O) groups is 1. The molecule has 3 rings (SSSR count). The SMILES string of the molecule is CC1=C(C(=O)Nc2ccc(F)c(F)c2)[C@H](c2ccc(OCC#N)cc2)NC(=S)N1. The summed E-state index contributed by atoms with van der Waals surface area (Å²) in [6, 6.07) is 11.3. The molecule has 0 saturated carbocycles. The molecule has 3 N–H and O–H groups in total. The van der Waals surface area contributed by atoms with Crippen LogP contribution in [-0.2, 0) is 4.79 Å². The van der Waals surface area contributed by atoms with Crippen LogP contribution >= 0.6 is 12.2 Å². The third-order valence-electron chi connectivity index (χ3n) is 4.21. The summed E-state index contributed by atoms with van der Waals surface area (Å²) in [7, 11) is 0. The topological polar surface area (TPSA) is 86.2 Å². The number of hydrogen-bond donors (Lipinski definition) is 3. The predicted octanol–water partition coefficient (Wildman–Crippen LogP) is 3.30. The molecule has 29 heavy (non-hydrogen) atoms. The average molecular weight is 414 g/mol. The number of carbonyl (C=O) groups excluding carboxylic acids is 1. The Labute approximate surface area is 171 Å². The van der Waals surface area contributed by atoms with Gasteiger partial charge in [0.25, 0.3) is 5.91 Å². The zero-order valence-corrected chi connectivity index (χ0v) is 16.1. The highest BCUT2D eigenvalue weighted by Crippen LogP contribution is 2.29. The van der Waals surface area contributed by atoms with Crippen molar-refractivity contribution in [2.75, 3.05) is 11.9 Å². The van der Waals surface area contributed by atoms with E-state index in [4.69, 9.17) is 22.2 Å². The summed E-state index contributed by atoms with van der Waals surface area (Å²) in [4.78, 5) is 12.9. The van der Waals surface area contributed by atoms with Crippen molar-refractivity contribution in [1.82, 2.24) is 10.6 Å². The van der Waals surface area contributed by atoms with Crippen molar-refractivity contribution < 1.29 is 18.3 Å². The summed E-state index contributed by atoms with van der Waals surface area (Å²) >= 11 is 5.20. The Balaban J connectivity index is 1.88. The van der Waals surface area contributed by atoms with Gasteiger partial charge in [-0.3, -0.25) is 4.79 Å². The number of allylic oxidation sites excluding steroid dienone is 1. The highest BCUT2D eigenvalue weighted by molar-refractivity contribution is 7.80. The van der Waals surface area contributed by atoms with Crippen LogP contribution in [-0.4, -0.2) is 17.6 Å². The first-order valence-electron chi connectivity index (χ1n) is 8.53. The van der Waals surface area contributed by atoms with Crippen LogP contribution < -0.4 is 20.7 Å². The lowest BCUT2D eigenvalue weighted by Crippen LogP contribution is -2.45. The molecule has 1 aliphatic heterocycles. The van der Waals surface area contributed by atoms with Crippen LogP contribution in [0.25, 0.3) is 0 Å². The van der Waals surface area contributed by atoms with Crippen LogP contribution in [0.4, 0.5) is 14.5 Å². The summed E-state index contributed by atoms with van der Waals surface area (Å²) < 4.78 is 31.8. The average Bonchev–Trinajstić information content (AvgIpc) is 2.69. The fourth-order valence-corrected chi connectivity index (χ4v) is 3.16. The lowest BCUT2D eigenvalue weighted by molar-refractivity contribution is -0.113. The predicted molar refractivity (Wildman–Crippen MR) is 107 cm³/mol. The number of nitriles is 1. The van der Waals surface area contributed by atoms with E-state index in [0.717, 1.165) is 17.7 Å². The number of hydrogen-bond acceptors (Lipinski definition) is 4. The monoisotopic (exact) mass is 414 g/mol. The number of benzene rings is 2. The van der Waals surface area contributed by atoms with E-state index in [1.807, 2.05) is 6.07 Å². The van der Waals surface area contributed by atoms with Gasteiger partial charge in [0.05, 0.1) is 11.6 Å². The Kier molecular flexibility index (Phi) is 6.04. The molecule has 6 nitrogen and oxygen atoms in total. The minimum Gasteiger partial charge on any atom is -0.479 e. The Hall–Kier alpha value is -3.51. The number of rotatable bonds is 5. The minimum absolute atomic E-state index is 0.0735. The molecule has 0 bridgehead atoms. The van der Waals surface area contributed by atoms with Crippen LogP contribution in [0, 0.1) is 23.0 Å². The molecule has 1 heterocycles.